The van der Waals surface area contributed by atoms with Gasteiger partial charge in [0.1, 0.15) is 5.60 Å². The molecule has 0 saturated heterocycles. The smallest absolute Gasteiger partial charge is 0.407 e. The molecular weight excluding hydrogens is 266 g/mol. The highest BCUT2D eigenvalue weighted by Crippen LogP contribution is 2.06. The molecular formula is C16H27N3O2. The molecule has 1 amide bonds. The first-order chi connectivity index (χ1) is 9.90. The van der Waals surface area contributed by atoms with Gasteiger partial charge in [0.25, 0.3) is 0 Å². The third-order valence-electron chi connectivity index (χ3n) is 2.85. The molecule has 118 valence electrons. The van der Waals surface area contributed by atoms with Gasteiger partial charge in [-0.1, -0.05) is 19.4 Å². The van der Waals surface area contributed by atoms with Crippen LogP contribution in [0.3, 0.4) is 0 Å². The lowest BCUT2D eigenvalue weighted by molar-refractivity contribution is 0.0521. The van der Waals surface area contributed by atoms with Gasteiger partial charge in [-0.2, -0.15) is 0 Å². The third-order valence-corrected chi connectivity index (χ3v) is 2.85. The molecule has 0 saturated carbocycles. The number of alkyl carbamates (subject to hydrolysis) is 1. The molecule has 0 aliphatic rings. The van der Waals surface area contributed by atoms with Crippen LogP contribution in [0, 0.1) is 0 Å². The number of nitrogens with one attached hydrogen (secondary N) is 2. The van der Waals surface area contributed by atoms with Crippen LogP contribution in [0.25, 0.3) is 0 Å². The molecule has 0 aliphatic heterocycles. The third kappa shape index (κ3) is 8.30. The fraction of sp³-hybridized carbons (Fsp3) is 0.625. The average Bonchev–Trinajstić information content (AvgIpc) is 2.41. The van der Waals surface area contributed by atoms with E-state index >= 15 is 0 Å². The van der Waals surface area contributed by atoms with Gasteiger partial charge in [0.2, 0.25) is 0 Å². The second-order valence-corrected chi connectivity index (χ2v) is 6.11. The minimum atomic E-state index is -0.465. The van der Waals surface area contributed by atoms with E-state index in [-0.39, 0.29) is 12.1 Å². The fourth-order valence-electron chi connectivity index (χ4n) is 1.91. The zero-order valence-electron chi connectivity index (χ0n) is 13.5. The lowest BCUT2D eigenvalue weighted by atomic mass is 10.1. The SMILES string of the molecule is CCCC(CNC(=O)OC(C)(C)C)NCc1cccnc1. The van der Waals surface area contributed by atoms with Crippen molar-refractivity contribution in [1.82, 2.24) is 15.6 Å². The molecule has 1 aromatic heterocycles. The van der Waals surface area contributed by atoms with Gasteiger partial charge in [0.05, 0.1) is 0 Å². The van der Waals surface area contributed by atoms with Gasteiger partial charge in [-0.15, -0.1) is 0 Å². The zero-order chi connectivity index (χ0) is 15.7. The van der Waals surface area contributed by atoms with Crippen molar-refractivity contribution >= 4 is 6.09 Å². The van der Waals surface area contributed by atoms with Gasteiger partial charge in [-0.05, 0) is 38.8 Å². The number of amides is 1. The predicted octanol–water partition coefficient (Wildman–Crippen LogP) is 2.86. The first-order valence-electron chi connectivity index (χ1n) is 7.50. The number of rotatable bonds is 7. The van der Waals surface area contributed by atoms with Gasteiger partial charge in [0, 0.05) is 31.5 Å². The van der Waals surface area contributed by atoms with Crippen molar-refractivity contribution in [2.75, 3.05) is 6.54 Å². The minimum absolute atomic E-state index is 0.225. The summed E-state index contributed by atoms with van der Waals surface area (Å²) in [6.45, 7) is 9.01. The fourth-order valence-corrected chi connectivity index (χ4v) is 1.91. The lowest BCUT2D eigenvalue weighted by Gasteiger charge is -2.22. The molecule has 1 heterocycles. The molecule has 1 rings (SSSR count). The summed E-state index contributed by atoms with van der Waals surface area (Å²) in [7, 11) is 0. The summed E-state index contributed by atoms with van der Waals surface area (Å²) >= 11 is 0. The number of hydrogen-bond acceptors (Lipinski definition) is 4. The van der Waals surface area contributed by atoms with Crippen LogP contribution in [-0.4, -0.2) is 29.3 Å². The van der Waals surface area contributed by atoms with Crippen LogP contribution in [0.2, 0.25) is 0 Å². The van der Waals surface area contributed by atoms with E-state index in [0.717, 1.165) is 24.9 Å². The van der Waals surface area contributed by atoms with Crippen LogP contribution in [-0.2, 0) is 11.3 Å². The van der Waals surface area contributed by atoms with Crippen molar-refractivity contribution < 1.29 is 9.53 Å². The van der Waals surface area contributed by atoms with Gasteiger partial charge < -0.3 is 15.4 Å². The van der Waals surface area contributed by atoms with Crippen LogP contribution in [0.15, 0.2) is 24.5 Å². The molecule has 1 atom stereocenters. The summed E-state index contributed by atoms with van der Waals surface area (Å²) in [4.78, 5) is 15.8. The Labute approximate surface area is 127 Å². The van der Waals surface area contributed by atoms with Gasteiger partial charge in [-0.3, -0.25) is 4.98 Å². The summed E-state index contributed by atoms with van der Waals surface area (Å²) in [5.41, 5.74) is 0.670. The number of nitrogens with zero attached hydrogens (tertiary/aromatic N) is 1. The standard InChI is InChI=1S/C16H27N3O2/c1-5-7-14(12-19-15(20)21-16(2,3)4)18-11-13-8-6-9-17-10-13/h6,8-10,14,18H,5,7,11-12H2,1-4H3,(H,19,20). The molecule has 1 unspecified atom stereocenters. The molecule has 0 spiro atoms. The van der Waals surface area contributed by atoms with E-state index in [9.17, 15) is 4.79 Å². The van der Waals surface area contributed by atoms with Gasteiger partial charge in [0.15, 0.2) is 0 Å². The van der Waals surface area contributed by atoms with E-state index in [1.165, 1.54) is 0 Å². The molecule has 2 N–H and O–H groups in total. The van der Waals surface area contributed by atoms with Crippen LogP contribution in [0.4, 0.5) is 4.79 Å². The monoisotopic (exact) mass is 293 g/mol. The molecule has 5 nitrogen and oxygen atoms in total. The second kappa shape index (κ2) is 8.62. The van der Waals surface area contributed by atoms with Gasteiger partial charge in [-0.25, -0.2) is 4.79 Å². The van der Waals surface area contributed by atoms with Crippen molar-refractivity contribution in [2.45, 2.75) is 58.7 Å². The number of ether oxygens (including phenoxy) is 1. The van der Waals surface area contributed by atoms with Crippen LogP contribution in [0.5, 0.6) is 0 Å². The number of aromatic nitrogens is 1. The number of carbonyl (C=O) groups excluding carboxylic acids is 1. The molecule has 0 aliphatic carbocycles. The Morgan fingerprint density at radius 2 is 2.19 bits per heavy atom. The molecule has 5 heteroatoms. The first-order valence-corrected chi connectivity index (χ1v) is 7.50. The highest BCUT2D eigenvalue weighted by Gasteiger charge is 2.17. The Morgan fingerprint density at radius 3 is 2.76 bits per heavy atom. The average molecular weight is 293 g/mol. The molecule has 0 aromatic carbocycles. The number of pyridine rings is 1. The summed E-state index contributed by atoms with van der Waals surface area (Å²) in [5, 5.41) is 6.27. The normalized spacial score (nSPS) is 12.8. The zero-order valence-corrected chi connectivity index (χ0v) is 13.5. The maximum absolute atomic E-state index is 11.7. The van der Waals surface area contributed by atoms with Gasteiger partial charge >= 0.3 is 6.09 Å². The maximum Gasteiger partial charge on any atom is 0.407 e. The highest BCUT2D eigenvalue weighted by molar-refractivity contribution is 5.67. The van der Waals surface area contributed by atoms with Crippen molar-refractivity contribution in [3.63, 3.8) is 0 Å². The minimum Gasteiger partial charge on any atom is -0.444 e. The molecule has 21 heavy (non-hydrogen) atoms. The van der Waals surface area contributed by atoms with Crippen molar-refractivity contribution in [3.8, 4) is 0 Å². The van der Waals surface area contributed by atoms with Crippen LogP contribution in [0.1, 0.15) is 46.1 Å². The van der Waals surface area contributed by atoms with E-state index in [0.29, 0.717) is 6.54 Å². The topological polar surface area (TPSA) is 63.2 Å². The van der Waals surface area contributed by atoms with Crippen molar-refractivity contribution in [2.24, 2.45) is 0 Å². The van der Waals surface area contributed by atoms with E-state index in [2.05, 4.69) is 22.5 Å². The van der Waals surface area contributed by atoms with Crippen LogP contribution < -0.4 is 10.6 Å². The molecule has 0 radical (unpaired) electrons. The van der Waals surface area contributed by atoms with E-state index in [1.54, 1.807) is 6.20 Å². The Kier molecular flexibility index (Phi) is 7.15. The Balaban J connectivity index is 2.37. The molecule has 0 fully saturated rings. The predicted molar refractivity (Wildman–Crippen MR) is 84.0 cm³/mol. The summed E-state index contributed by atoms with van der Waals surface area (Å²) in [6, 6.07) is 4.18. The maximum atomic E-state index is 11.7. The van der Waals surface area contributed by atoms with E-state index in [1.807, 2.05) is 39.1 Å². The van der Waals surface area contributed by atoms with E-state index in [4.69, 9.17) is 4.74 Å². The quantitative estimate of drug-likeness (QED) is 0.811. The van der Waals surface area contributed by atoms with Crippen LogP contribution >= 0.6 is 0 Å². The Hall–Kier alpha value is -1.62. The Morgan fingerprint density at radius 1 is 1.43 bits per heavy atom. The summed E-state index contributed by atoms with van der Waals surface area (Å²) in [6.07, 6.45) is 5.29. The first kappa shape index (κ1) is 17.4. The highest BCUT2D eigenvalue weighted by atomic mass is 16.6. The Bertz CT molecular complexity index is 415. The number of carbonyl (C=O) groups is 1. The summed E-state index contributed by atoms with van der Waals surface area (Å²) < 4.78 is 5.24. The molecule has 1 aromatic rings. The second-order valence-electron chi connectivity index (χ2n) is 6.11. The number of hydrogen-bond donors (Lipinski definition) is 2. The largest absolute Gasteiger partial charge is 0.444 e. The van der Waals surface area contributed by atoms with Crippen molar-refractivity contribution in [3.05, 3.63) is 30.1 Å². The summed E-state index contributed by atoms with van der Waals surface area (Å²) in [5.74, 6) is 0. The van der Waals surface area contributed by atoms with Crippen molar-refractivity contribution in [1.29, 1.82) is 0 Å². The molecule has 0 bridgehead atoms. The van der Waals surface area contributed by atoms with E-state index < -0.39 is 5.60 Å². The lowest BCUT2D eigenvalue weighted by Crippen LogP contribution is -2.42.